The van der Waals surface area contributed by atoms with Gasteiger partial charge in [-0.15, -0.1) is 5.11 Å². The number of halogens is 1. The highest BCUT2D eigenvalue weighted by Gasteiger charge is 2.18. The summed E-state index contributed by atoms with van der Waals surface area (Å²) in [4.78, 5) is 22.3. The Labute approximate surface area is 96.0 Å². The van der Waals surface area contributed by atoms with Gasteiger partial charge in [0.2, 0.25) is 0 Å². The van der Waals surface area contributed by atoms with Crippen LogP contribution in [-0.2, 0) is 9.59 Å². The Kier molecular flexibility index (Phi) is 3.04. The van der Waals surface area contributed by atoms with Gasteiger partial charge in [-0.2, -0.15) is 5.11 Å². The molecule has 0 radical (unpaired) electrons. The first-order valence-corrected chi connectivity index (χ1v) is 4.84. The molecule has 1 aromatic rings. The van der Waals surface area contributed by atoms with E-state index in [0.29, 0.717) is 5.69 Å². The predicted octanol–water partition coefficient (Wildman–Crippen LogP) is 1.68. The van der Waals surface area contributed by atoms with Gasteiger partial charge in [-0.3, -0.25) is 9.59 Å². The molecule has 0 aliphatic carbocycles. The van der Waals surface area contributed by atoms with Gasteiger partial charge in [0.25, 0.3) is 11.8 Å². The number of nitrogens with zero attached hydrogens (tertiary/aromatic N) is 2. The van der Waals surface area contributed by atoms with E-state index in [-0.39, 0.29) is 5.82 Å². The number of hydrogen-bond donors (Lipinski definition) is 1. The predicted molar refractivity (Wildman–Crippen MR) is 57.8 cm³/mol. The number of benzene rings is 1. The van der Waals surface area contributed by atoms with Crippen LogP contribution in [0.25, 0.3) is 0 Å². The standard InChI is InChI=1S/C11H8FN3O2/c12-7-1-3-8(4-2-7)13-11(17)9-5-6-10(16)15-14-9/h1-6,9H,(H,13,17). The van der Waals surface area contributed by atoms with Gasteiger partial charge in [-0.25, -0.2) is 4.39 Å². The van der Waals surface area contributed by atoms with Gasteiger partial charge in [0.15, 0.2) is 6.04 Å². The molecule has 0 bridgehead atoms. The molecule has 86 valence electrons. The molecule has 2 rings (SSSR count). The van der Waals surface area contributed by atoms with Gasteiger partial charge < -0.3 is 5.32 Å². The summed E-state index contributed by atoms with van der Waals surface area (Å²) in [5, 5.41) is 9.32. The lowest BCUT2D eigenvalue weighted by molar-refractivity contribution is -0.117. The molecule has 0 saturated heterocycles. The topological polar surface area (TPSA) is 70.9 Å². The third-order valence-electron chi connectivity index (χ3n) is 2.08. The second-order valence-electron chi connectivity index (χ2n) is 3.35. The molecule has 1 aliphatic rings. The molecule has 0 aromatic heterocycles. The maximum atomic E-state index is 12.6. The van der Waals surface area contributed by atoms with Crippen molar-refractivity contribution in [2.24, 2.45) is 10.2 Å². The SMILES string of the molecule is O=C1C=CC(C(=O)Nc2ccc(F)cc2)N=N1. The van der Waals surface area contributed by atoms with Crippen molar-refractivity contribution in [2.75, 3.05) is 5.32 Å². The van der Waals surface area contributed by atoms with Crippen molar-refractivity contribution in [3.63, 3.8) is 0 Å². The summed E-state index contributed by atoms with van der Waals surface area (Å²) in [5.41, 5.74) is 0.455. The van der Waals surface area contributed by atoms with E-state index in [1.807, 2.05) is 0 Å². The normalized spacial score (nSPS) is 18.2. The Morgan fingerprint density at radius 3 is 2.59 bits per heavy atom. The van der Waals surface area contributed by atoms with E-state index in [4.69, 9.17) is 0 Å². The molecule has 2 amide bonds. The molecule has 0 spiro atoms. The van der Waals surface area contributed by atoms with Crippen molar-refractivity contribution in [1.29, 1.82) is 0 Å². The van der Waals surface area contributed by atoms with Crippen molar-refractivity contribution < 1.29 is 14.0 Å². The molecular weight excluding hydrogens is 225 g/mol. The van der Waals surface area contributed by atoms with E-state index in [0.717, 1.165) is 0 Å². The summed E-state index contributed by atoms with van der Waals surface area (Å²) in [5.74, 6) is -1.30. The Bertz CT molecular complexity index is 492. The first kappa shape index (κ1) is 11.1. The number of rotatable bonds is 2. The number of nitrogens with one attached hydrogen (secondary N) is 1. The summed E-state index contributed by atoms with van der Waals surface area (Å²) >= 11 is 0. The van der Waals surface area contributed by atoms with Crippen LogP contribution in [-0.4, -0.2) is 17.9 Å². The summed E-state index contributed by atoms with van der Waals surface area (Å²) in [6.07, 6.45) is 2.54. The smallest absolute Gasteiger partial charge is 0.287 e. The monoisotopic (exact) mass is 233 g/mol. The van der Waals surface area contributed by atoms with E-state index in [1.165, 1.54) is 36.4 Å². The van der Waals surface area contributed by atoms with Gasteiger partial charge in [0.1, 0.15) is 5.82 Å². The maximum absolute atomic E-state index is 12.6. The van der Waals surface area contributed by atoms with E-state index in [2.05, 4.69) is 15.5 Å². The van der Waals surface area contributed by atoms with Gasteiger partial charge in [-0.1, -0.05) is 0 Å². The molecule has 1 N–H and O–H groups in total. The zero-order valence-corrected chi connectivity index (χ0v) is 8.63. The number of carbonyl (C=O) groups excluding carboxylic acids is 2. The number of anilines is 1. The number of amides is 2. The molecule has 1 atom stereocenters. The lowest BCUT2D eigenvalue weighted by Crippen LogP contribution is -2.25. The largest absolute Gasteiger partial charge is 0.324 e. The summed E-state index contributed by atoms with van der Waals surface area (Å²) in [6, 6.07) is 4.51. The van der Waals surface area contributed by atoms with E-state index >= 15 is 0 Å². The minimum atomic E-state index is -0.822. The van der Waals surface area contributed by atoms with Gasteiger partial charge in [0.05, 0.1) is 0 Å². The summed E-state index contributed by atoms with van der Waals surface area (Å²) < 4.78 is 12.6. The Morgan fingerprint density at radius 2 is 2.00 bits per heavy atom. The lowest BCUT2D eigenvalue weighted by Gasteiger charge is -2.09. The fourth-order valence-electron chi connectivity index (χ4n) is 1.25. The van der Waals surface area contributed by atoms with Crippen LogP contribution < -0.4 is 5.32 Å². The van der Waals surface area contributed by atoms with Crippen molar-refractivity contribution in [2.45, 2.75) is 6.04 Å². The summed E-state index contributed by atoms with van der Waals surface area (Å²) in [7, 11) is 0. The fraction of sp³-hybridized carbons (Fsp3) is 0.0909. The number of carbonyl (C=O) groups is 2. The van der Waals surface area contributed by atoms with Crippen LogP contribution in [0.15, 0.2) is 46.6 Å². The van der Waals surface area contributed by atoms with Crippen molar-refractivity contribution in [3.8, 4) is 0 Å². The molecule has 1 aliphatic heterocycles. The molecule has 5 nitrogen and oxygen atoms in total. The van der Waals surface area contributed by atoms with E-state index in [9.17, 15) is 14.0 Å². The van der Waals surface area contributed by atoms with Crippen LogP contribution in [0.1, 0.15) is 0 Å². The molecule has 1 heterocycles. The Balaban J connectivity index is 2.02. The van der Waals surface area contributed by atoms with Crippen molar-refractivity contribution in [1.82, 2.24) is 0 Å². The van der Waals surface area contributed by atoms with Crippen LogP contribution in [0.5, 0.6) is 0 Å². The van der Waals surface area contributed by atoms with Crippen LogP contribution in [0, 0.1) is 5.82 Å². The molecule has 1 aromatic carbocycles. The molecule has 1 unspecified atom stereocenters. The van der Waals surface area contributed by atoms with Gasteiger partial charge in [-0.05, 0) is 30.3 Å². The lowest BCUT2D eigenvalue weighted by atomic mass is 10.2. The van der Waals surface area contributed by atoms with Crippen molar-refractivity contribution in [3.05, 3.63) is 42.2 Å². The third kappa shape index (κ3) is 2.81. The van der Waals surface area contributed by atoms with E-state index < -0.39 is 17.9 Å². The number of azo groups is 1. The highest BCUT2D eigenvalue weighted by molar-refractivity contribution is 5.98. The zero-order valence-electron chi connectivity index (χ0n) is 8.63. The minimum absolute atomic E-state index is 0.383. The van der Waals surface area contributed by atoms with E-state index in [1.54, 1.807) is 0 Å². The fourth-order valence-corrected chi connectivity index (χ4v) is 1.25. The van der Waals surface area contributed by atoms with Crippen molar-refractivity contribution >= 4 is 17.5 Å². The van der Waals surface area contributed by atoms with Crippen LogP contribution >= 0.6 is 0 Å². The molecule has 0 saturated carbocycles. The average molecular weight is 233 g/mol. The molecule has 6 heteroatoms. The highest BCUT2D eigenvalue weighted by Crippen LogP contribution is 2.11. The van der Waals surface area contributed by atoms with Crippen LogP contribution in [0.2, 0.25) is 0 Å². The maximum Gasteiger partial charge on any atom is 0.287 e. The minimum Gasteiger partial charge on any atom is -0.324 e. The van der Waals surface area contributed by atoms with Crippen LogP contribution in [0.4, 0.5) is 10.1 Å². The zero-order chi connectivity index (χ0) is 12.3. The quantitative estimate of drug-likeness (QED) is 0.844. The third-order valence-corrected chi connectivity index (χ3v) is 2.08. The van der Waals surface area contributed by atoms with Gasteiger partial charge >= 0.3 is 0 Å². The molecule has 17 heavy (non-hydrogen) atoms. The molecule has 0 fully saturated rings. The second kappa shape index (κ2) is 4.65. The highest BCUT2D eigenvalue weighted by atomic mass is 19.1. The first-order chi connectivity index (χ1) is 8.15. The average Bonchev–Trinajstić information content (AvgIpc) is 2.33. The molecular formula is C11H8FN3O2. The number of hydrogen-bond acceptors (Lipinski definition) is 3. The van der Waals surface area contributed by atoms with Gasteiger partial charge in [0, 0.05) is 11.8 Å². The Morgan fingerprint density at radius 1 is 1.29 bits per heavy atom. The Hall–Kier alpha value is -2.37. The summed E-state index contributed by atoms with van der Waals surface area (Å²) in [6.45, 7) is 0. The second-order valence-corrected chi connectivity index (χ2v) is 3.35. The van der Waals surface area contributed by atoms with Crippen LogP contribution in [0.3, 0.4) is 0 Å². The first-order valence-electron chi connectivity index (χ1n) is 4.84.